The van der Waals surface area contributed by atoms with E-state index < -0.39 is 20.0 Å². The van der Waals surface area contributed by atoms with Crippen molar-refractivity contribution in [1.82, 2.24) is 4.90 Å². The molecular formula is C28H34I2N2O5Si. The average Bonchev–Trinajstić information content (AvgIpc) is 3.50. The van der Waals surface area contributed by atoms with Crippen molar-refractivity contribution in [3.05, 3.63) is 60.7 Å². The highest BCUT2D eigenvalue weighted by atomic mass is 127. The van der Waals surface area contributed by atoms with Crippen molar-refractivity contribution in [2.75, 3.05) is 18.1 Å². The monoisotopic (exact) mass is 760 g/mol. The van der Waals surface area contributed by atoms with Gasteiger partial charge < -0.3 is 24.4 Å². The van der Waals surface area contributed by atoms with Gasteiger partial charge in [0.25, 0.3) is 5.91 Å². The van der Waals surface area contributed by atoms with E-state index in [1.54, 1.807) is 4.90 Å². The summed E-state index contributed by atoms with van der Waals surface area (Å²) in [6.07, 6.45) is 1.16. The van der Waals surface area contributed by atoms with Crippen molar-refractivity contribution in [3.8, 4) is 0 Å². The fourth-order valence-electron chi connectivity index (χ4n) is 6.87. The zero-order chi connectivity index (χ0) is 27.4. The van der Waals surface area contributed by atoms with Crippen LogP contribution in [0.4, 0.5) is 5.69 Å². The van der Waals surface area contributed by atoms with E-state index in [1.165, 1.54) is 0 Å². The smallest absolute Gasteiger partial charge is 0.264 e. The number of likely N-dealkylation sites (tertiary alicyclic amines) is 1. The summed E-state index contributed by atoms with van der Waals surface area (Å²) in [6, 6.07) is 13.9. The highest BCUT2D eigenvalue weighted by Crippen LogP contribution is 2.60. The van der Waals surface area contributed by atoms with Crippen molar-refractivity contribution >= 4 is 71.0 Å². The number of amides is 2. The fourth-order valence-corrected chi connectivity index (χ4v) is 10.5. The van der Waals surface area contributed by atoms with Crippen LogP contribution >= 0.6 is 45.2 Å². The third-order valence-corrected chi connectivity index (χ3v) is 12.3. The number of benzene rings is 2. The minimum Gasteiger partial charge on any atom is -0.432 e. The Bertz CT molecular complexity index is 1250. The minimum atomic E-state index is -2.86. The minimum absolute atomic E-state index is 0.0566. The van der Waals surface area contributed by atoms with Gasteiger partial charge in [-0.25, -0.2) is 0 Å². The van der Waals surface area contributed by atoms with Crippen molar-refractivity contribution in [2.24, 2.45) is 5.92 Å². The first-order valence-electron chi connectivity index (χ1n) is 13.1. The van der Waals surface area contributed by atoms with Crippen LogP contribution in [-0.4, -0.2) is 60.2 Å². The summed E-state index contributed by atoms with van der Waals surface area (Å²) in [5.41, 5.74) is 1.10. The number of rotatable bonds is 6. The maximum Gasteiger partial charge on any atom is 0.264 e. The lowest BCUT2D eigenvalue weighted by molar-refractivity contribution is -0.150. The molecule has 0 saturated carbocycles. The molecule has 2 saturated heterocycles. The molecule has 0 bridgehead atoms. The Labute approximate surface area is 252 Å². The molecule has 3 heterocycles. The molecule has 1 spiro atoms. The summed E-state index contributed by atoms with van der Waals surface area (Å²) in [4.78, 5) is 42.9. The predicted octanol–water partition coefficient (Wildman–Crippen LogP) is 4.61. The molecule has 0 radical (unpaired) electrons. The summed E-state index contributed by atoms with van der Waals surface area (Å²) in [5.74, 6) is -0.527. The second-order valence-corrected chi connectivity index (χ2v) is 17.8. The van der Waals surface area contributed by atoms with Crippen LogP contribution in [-0.2, 0) is 26.5 Å². The van der Waals surface area contributed by atoms with E-state index in [0.717, 1.165) is 36.8 Å². The molecule has 0 aromatic heterocycles. The second kappa shape index (κ2) is 10.7. The Kier molecular flexibility index (Phi) is 8.04. The van der Waals surface area contributed by atoms with E-state index in [0.29, 0.717) is 13.1 Å². The average molecular weight is 760 g/mol. The van der Waals surface area contributed by atoms with Crippen LogP contribution in [0.5, 0.6) is 0 Å². The van der Waals surface area contributed by atoms with E-state index in [2.05, 4.69) is 51.2 Å². The van der Waals surface area contributed by atoms with E-state index >= 15 is 0 Å². The van der Waals surface area contributed by atoms with Crippen LogP contribution in [0.1, 0.15) is 37.3 Å². The SMILES string of the molecule is C[C@H]1[C@H]([Si](C)(C)O)[C@@H](CC(=O)N2CCC[C@H]2CO)O[C@]12C(=O)N(Cc1cccc(I)c1)c1ccc(I)cc12. The third-order valence-electron chi connectivity index (χ3n) is 8.46. The number of halogens is 2. The van der Waals surface area contributed by atoms with E-state index in [1.807, 2.05) is 61.3 Å². The first-order chi connectivity index (χ1) is 18.0. The summed E-state index contributed by atoms with van der Waals surface area (Å²) in [6.45, 7) is 6.73. The maximum atomic E-state index is 14.5. The molecule has 2 aromatic rings. The normalized spacial score (nSPS) is 29.0. The number of hydrogen-bond acceptors (Lipinski definition) is 5. The number of nitrogens with zero attached hydrogens (tertiary/aromatic N) is 2. The summed E-state index contributed by atoms with van der Waals surface area (Å²) in [7, 11) is -2.86. The van der Waals surface area contributed by atoms with Gasteiger partial charge in [0.05, 0.1) is 37.4 Å². The van der Waals surface area contributed by atoms with Gasteiger partial charge in [-0.1, -0.05) is 19.1 Å². The molecule has 0 aliphatic carbocycles. The number of aliphatic hydroxyl groups is 1. The van der Waals surface area contributed by atoms with Crippen molar-refractivity contribution < 1.29 is 24.2 Å². The van der Waals surface area contributed by atoms with Crippen LogP contribution < -0.4 is 4.90 Å². The number of hydrogen-bond donors (Lipinski definition) is 2. The first kappa shape index (κ1) is 28.5. The Morgan fingerprint density at radius 3 is 2.61 bits per heavy atom. The molecular weight excluding hydrogens is 726 g/mol. The molecule has 7 nitrogen and oxygen atoms in total. The van der Waals surface area contributed by atoms with Crippen LogP contribution in [0.15, 0.2) is 42.5 Å². The maximum absolute atomic E-state index is 14.5. The highest BCUT2D eigenvalue weighted by molar-refractivity contribution is 14.1. The third kappa shape index (κ3) is 4.87. The van der Waals surface area contributed by atoms with Crippen molar-refractivity contribution in [1.29, 1.82) is 0 Å². The molecule has 38 heavy (non-hydrogen) atoms. The molecule has 5 atom stereocenters. The largest absolute Gasteiger partial charge is 0.432 e. The van der Waals surface area contributed by atoms with Gasteiger partial charge >= 0.3 is 0 Å². The Hall–Kier alpha value is -1.06. The van der Waals surface area contributed by atoms with Crippen LogP contribution in [0.3, 0.4) is 0 Å². The van der Waals surface area contributed by atoms with Gasteiger partial charge in [-0.2, -0.15) is 0 Å². The standard InChI is InChI=1S/C28H34I2N2O5Si/c1-17-26(38(2,3)36)24(14-25(34)31-11-5-8-21(31)16-33)37-28(17)22-13-20(30)9-10-23(22)32(27(28)35)15-18-6-4-7-19(29)12-18/h4,6-7,9-10,12-13,17,21,24,26,33,36H,5,8,11,14-16H2,1-3H3/t17-,21-,24+,26-,28+/m0/s1. The predicted molar refractivity (Wildman–Crippen MR) is 165 cm³/mol. The molecule has 2 N–H and O–H groups in total. The molecule has 5 rings (SSSR count). The summed E-state index contributed by atoms with van der Waals surface area (Å²) < 4.78 is 8.92. The van der Waals surface area contributed by atoms with Crippen LogP contribution in [0, 0.1) is 13.1 Å². The van der Waals surface area contributed by atoms with Crippen molar-refractivity contribution in [3.63, 3.8) is 0 Å². The van der Waals surface area contributed by atoms with Gasteiger partial charge in [-0.15, -0.1) is 0 Å². The van der Waals surface area contributed by atoms with E-state index in [4.69, 9.17) is 4.74 Å². The van der Waals surface area contributed by atoms with Gasteiger partial charge in [0, 0.05) is 30.7 Å². The zero-order valence-corrected chi connectivity index (χ0v) is 27.2. The van der Waals surface area contributed by atoms with E-state index in [9.17, 15) is 19.5 Å². The van der Waals surface area contributed by atoms with Gasteiger partial charge in [0.1, 0.15) is 0 Å². The van der Waals surface area contributed by atoms with Crippen LogP contribution in [0.25, 0.3) is 0 Å². The molecule has 3 aliphatic rings. The zero-order valence-electron chi connectivity index (χ0n) is 21.9. The molecule has 3 aliphatic heterocycles. The number of fused-ring (bicyclic) bond motifs is 2. The number of anilines is 1. The number of carbonyl (C=O) groups is 2. The Morgan fingerprint density at radius 1 is 1.18 bits per heavy atom. The molecule has 2 aromatic carbocycles. The lowest BCUT2D eigenvalue weighted by atomic mass is 9.82. The Morgan fingerprint density at radius 2 is 1.92 bits per heavy atom. The Balaban J connectivity index is 1.54. The lowest BCUT2D eigenvalue weighted by Crippen LogP contribution is -2.46. The number of aliphatic hydroxyl groups excluding tert-OH is 1. The van der Waals surface area contributed by atoms with Gasteiger partial charge in [-0.05, 0) is 107 Å². The van der Waals surface area contributed by atoms with Gasteiger partial charge in [-0.3, -0.25) is 9.59 Å². The topological polar surface area (TPSA) is 90.3 Å². The molecule has 0 unspecified atom stereocenters. The second-order valence-electron chi connectivity index (χ2n) is 11.3. The highest BCUT2D eigenvalue weighted by Gasteiger charge is 2.66. The molecule has 2 amide bonds. The van der Waals surface area contributed by atoms with Crippen LogP contribution in [0.2, 0.25) is 18.6 Å². The van der Waals surface area contributed by atoms with E-state index in [-0.39, 0.29) is 42.3 Å². The number of carbonyl (C=O) groups excluding carboxylic acids is 2. The van der Waals surface area contributed by atoms with Gasteiger partial charge in [0.2, 0.25) is 5.91 Å². The molecule has 2 fully saturated rings. The van der Waals surface area contributed by atoms with Gasteiger partial charge in [0.15, 0.2) is 13.9 Å². The fraction of sp³-hybridized carbons (Fsp3) is 0.500. The first-order valence-corrected chi connectivity index (χ1v) is 18.3. The summed E-state index contributed by atoms with van der Waals surface area (Å²) in [5, 5.41) is 9.76. The quantitative estimate of drug-likeness (QED) is 0.332. The van der Waals surface area contributed by atoms with Crippen molar-refractivity contribution in [2.45, 2.75) is 69.1 Å². The lowest BCUT2D eigenvalue weighted by Gasteiger charge is -2.32. The summed E-state index contributed by atoms with van der Waals surface area (Å²) >= 11 is 4.54. The number of ether oxygens (including phenoxy) is 1. The molecule has 204 valence electrons. The molecule has 10 heteroatoms.